The standard InChI is InChI=1S/C30H39N5O3/c1-21(25-12-11-24(32-28(36)22-9-10-22)18-26(25)33-14-5-6-15-33)35-17-16-34(29(37)38-30(2,3)4)20-27(35)23-8-7-13-31-19-23/h7-8,11-13,18-19,22,27H,1,5-6,9-10,14-17,20H2,2-4H3,(H,32,36). The lowest BCUT2D eigenvalue weighted by Crippen LogP contribution is -2.50. The minimum atomic E-state index is -0.553. The molecule has 2 saturated heterocycles. The second-order valence-corrected chi connectivity index (χ2v) is 11.6. The zero-order valence-corrected chi connectivity index (χ0v) is 22.8. The highest BCUT2D eigenvalue weighted by Gasteiger charge is 2.35. The lowest BCUT2D eigenvalue weighted by Gasteiger charge is -2.44. The summed E-state index contributed by atoms with van der Waals surface area (Å²) in [5, 5.41) is 3.11. The Morgan fingerprint density at radius 2 is 1.84 bits per heavy atom. The molecule has 1 N–H and O–H groups in total. The van der Waals surface area contributed by atoms with Crippen LogP contribution in [0.2, 0.25) is 0 Å². The summed E-state index contributed by atoms with van der Waals surface area (Å²) in [4.78, 5) is 36.2. The molecular formula is C30H39N5O3. The van der Waals surface area contributed by atoms with E-state index in [1.807, 2.05) is 39.1 Å². The minimum Gasteiger partial charge on any atom is -0.444 e. The first kappa shape index (κ1) is 26.1. The van der Waals surface area contributed by atoms with Crippen molar-refractivity contribution < 1.29 is 14.3 Å². The van der Waals surface area contributed by atoms with Crippen LogP contribution in [0.5, 0.6) is 0 Å². The molecule has 2 amide bonds. The van der Waals surface area contributed by atoms with Crippen LogP contribution < -0.4 is 10.2 Å². The molecule has 3 heterocycles. The van der Waals surface area contributed by atoms with Gasteiger partial charge in [-0.25, -0.2) is 4.79 Å². The molecule has 1 aromatic heterocycles. The number of carbonyl (C=O) groups is 2. The molecule has 8 nitrogen and oxygen atoms in total. The average molecular weight is 518 g/mol. The molecule has 3 aliphatic rings. The van der Waals surface area contributed by atoms with Gasteiger partial charge in [-0.1, -0.05) is 12.6 Å². The number of benzene rings is 1. The third kappa shape index (κ3) is 5.95. The highest BCUT2D eigenvalue weighted by Crippen LogP contribution is 2.39. The molecule has 3 fully saturated rings. The topological polar surface area (TPSA) is 78.0 Å². The molecule has 0 bridgehead atoms. The average Bonchev–Trinajstić information content (AvgIpc) is 3.61. The number of anilines is 2. The summed E-state index contributed by atoms with van der Waals surface area (Å²) in [6, 6.07) is 10.0. The van der Waals surface area contributed by atoms with Crippen molar-refractivity contribution in [1.29, 1.82) is 0 Å². The van der Waals surface area contributed by atoms with E-state index in [1.165, 1.54) is 0 Å². The largest absolute Gasteiger partial charge is 0.444 e. The quantitative estimate of drug-likeness (QED) is 0.561. The Kier molecular flexibility index (Phi) is 7.32. The fraction of sp³-hybridized carbons (Fsp3) is 0.500. The van der Waals surface area contributed by atoms with Gasteiger partial charge in [-0.2, -0.15) is 0 Å². The van der Waals surface area contributed by atoms with Gasteiger partial charge < -0.3 is 24.8 Å². The van der Waals surface area contributed by atoms with Gasteiger partial charge in [0.15, 0.2) is 0 Å². The van der Waals surface area contributed by atoms with E-state index in [1.54, 1.807) is 11.1 Å². The van der Waals surface area contributed by atoms with Crippen molar-refractivity contribution in [2.24, 2.45) is 5.92 Å². The second-order valence-electron chi connectivity index (χ2n) is 11.6. The number of amides is 2. The molecule has 202 valence electrons. The number of nitrogens with one attached hydrogen (secondary N) is 1. The molecule has 38 heavy (non-hydrogen) atoms. The van der Waals surface area contributed by atoms with Gasteiger partial charge >= 0.3 is 6.09 Å². The number of rotatable bonds is 6. The van der Waals surface area contributed by atoms with Crippen molar-refractivity contribution in [3.8, 4) is 0 Å². The van der Waals surface area contributed by atoms with E-state index in [2.05, 4.69) is 44.9 Å². The molecule has 1 unspecified atom stereocenters. The summed E-state index contributed by atoms with van der Waals surface area (Å²) >= 11 is 0. The van der Waals surface area contributed by atoms with E-state index in [0.29, 0.717) is 19.6 Å². The Hall–Kier alpha value is -3.55. The molecule has 2 aromatic rings. The first-order chi connectivity index (χ1) is 18.2. The molecule has 5 rings (SSSR count). The molecule has 1 saturated carbocycles. The lowest BCUT2D eigenvalue weighted by atomic mass is 10.00. The molecule has 2 aliphatic heterocycles. The van der Waals surface area contributed by atoms with E-state index >= 15 is 0 Å². The Labute approximate surface area is 225 Å². The lowest BCUT2D eigenvalue weighted by molar-refractivity contribution is -0.117. The molecule has 1 aromatic carbocycles. The van der Waals surface area contributed by atoms with Crippen molar-refractivity contribution in [2.45, 2.75) is 58.1 Å². The Morgan fingerprint density at radius 1 is 1.08 bits per heavy atom. The van der Waals surface area contributed by atoms with Crippen LogP contribution in [0.1, 0.15) is 63.6 Å². The maximum atomic E-state index is 12.9. The zero-order valence-electron chi connectivity index (χ0n) is 22.8. The van der Waals surface area contributed by atoms with Gasteiger partial charge in [-0.3, -0.25) is 9.78 Å². The number of carbonyl (C=O) groups excluding carboxylic acids is 2. The third-order valence-electron chi connectivity index (χ3n) is 7.42. The fourth-order valence-corrected chi connectivity index (χ4v) is 5.27. The van der Waals surface area contributed by atoms with Gasteiger partial charge in [-0.15, -0.1) is 0 Å². The number of aromatic nitrogens is 1. The maximum absolute atomic E-state index is 12.9. The summed E-state index contributed by atoms with van der Waals surface area (Å²) < 4.78 is 5.68. The molecule has 8 heteroatoms. The molecule has 1 aliphatic carbocycles. The van der Waals surface area contributed by atoms with Crippen LogP contribution in [0.3, 0.4) is 0 Å². The minimum absolute atomic E-state index is 0.110. The van der Waals surface area contributed by atoms with Crippen molar-refractivity contribution >= 4 is 29.1 Å². The maximum Gasteiger partial charge on any atom is 0.410 e. The predicted molar refractivity (Wildman–Crippen MR) is 150 cm³/mol. The first-order valence-electron chi connectivity index (χ1n) is 13.7. The zero-order chi connectivity index (χ0) is 26.9. The fourth-order valence-electron chi connectivity index (χ4n) is 5.27. The summed E-state index contributed by atoms with van der Waals surface area (Å²) in [5.41, 5.74) is 4.36. The van der Waals surface area contributed by atoms with Crippen LogP contribution in [0.25, 0.3) is 5.70 Å². The van der Waals surface area contributed by atoms with Gasteiger partial charge in [0, 0.05) is 73.7 Å². The van der Waals surface area contributed by atoms with Crippen molar-refractivity contribution in [1.82, 2.24) is 14.8 Å². The van der Waals surface area contributed by atoms with Gasteiger partial charge in [0.2, 0.25) is 5.91 Å². The van der Waals surface area contributed by atoms with Gasteiger partial charge in [0.05, 0.1) is 6.04 Å². The van der Waals surface area contributed by atoms with Crippen molar-refractivity contribution in [2.75, 3.05) is 42.9 Å². The van der Waals surface area contributed by atoms with E-state index in [4.69, 9.17) is 4.74 Å². The highest BCUT2D eigenvalue weighted by atomic mass is 16.6. The van der Waals surface area contributed by atoms with Crippen LogP contribution in [0.15, 0.2) is 49.3 Å². The summed E-state index contributed by atoms with van der Waals surface area (Å²) in [5.74, 6) is 0.264. The molecule has 1 atom stereocenters. The number of pyridine rings is 1. The number of hydrogen-bond acceptors (Lipinski definition) is 6. The van der Waals surface area contributed by atoms with Gasteiger partial charge in [-0.05, 0) is 76.3 Å². The SMILES string of the molecule is C=C(c1ccc(NC(=O)C2CC2)cc1N1CCCC1)N1CCN(C(=O)OC(C)(C)C)CC1c1cccnc1. The highest BCUT2D eigenvalue weighted by molar-refractivity contribution is 5.95. The monoisotopic (exact) mass is 517 g/mol. The second kappa shape index (κ2) is 10.7. The Bertz CT molecular complexity index is 1180. The first-order valence-corrected chi connectivity index (χ1v) is 13.7. The van der Waals surface area contributed by atoms with E-state index in [9.17, 15) is 9.59 Å². The van der Waals surface area contributed by atoms with E-state index < -0.39 is 5.60 Å². The summed E-state index contributed by atoms with van der Waals surface area (Å²) in [6.45, 7) is 13.8. The van der Waals surface area contributed by atoms with Crippen LogP contribution in [-0.4, -0.2) is 65.1 Å². The summed E-state index contributed by atoms with van der Waals surface area (Å²) in [7, 11) is 0. The van der Waals surface area contributed by atoms with Crippen LogP contribution in [0.4, 0.5) is 16.2 Å². The van der Waals surface area contributed by atoms with E-state index in [-0.39, 0.29) is 24.0 Å². The summed E-state index contributed by atoms with van der Waals surface area (Å²) in [6.07, 6.45) is 7.58. The molecule has 0 radical (unpaired) electrons. The Balaban J connectivity index is 1.43. The van der Waals surface area contributed by atoms with Gasteiger partial charge in [0.25, 0.3) is 0 Å². The third-order valence-corrected chi connectivity index (χ3v) is 7.42. The number of piperazine rings is 1. The van der Waals surface area contributed by atoms with E-state index in [0.717, 1.165) is 67.0 Å². The molecule has 0 spiro atoms. The predicted octanol–water partition coefficient (Wildman–Crippen LogP) is 5.30. The van der Waals surface area contributed by atoms with Crippen LogP contribution in [0, 0.1) is 5.92 Å². The number of ether oxygens (including phenoxy) is 1. The van der Waals surface area contributed by atoms with Crippen LogP contribution >= 0.6 is 0 Å². The Morgan fingerprint density at radius 3 is 2.50 bits per heavy atom. The normalized spacial score (nSPS) is 19.9. The number of nitrogens with zero attached hydrogens (tertiary/aromatic N) is 4. The number of hydrogen-bond donors (Lipinski definition) is 1. The van der Waals surface area contributed by atoms with Crippen LogP contribution in [-0.2, 0) is 9.53 Å². The van der Waals surface area contributed by atoms with Crippen molar-refractivity contribution in [3.05, 3.63) is 60.4 Å². The van der Waals surface area contributed by atoms with Gasteiger partial charge in [0.1, 0.15) is 5.60 Å². The molecular weight excluding hydrogens is 478 g/mol. The van der Waals surface area contributed by atoms with Crippen molar-refractivity contribution in [3.63, 3.8) is 0 Å². The smallest absolute Gasteiger partial charge is 0.410 e.